The minimum absolute atomic E-state index is 0.0316. The number of aryl methyl sites for hydroxylation is 2. The van der Waals surface area contributed by atoms with Crippen molar-refractivity contribution in [3.05, 3.63) is 29.9 Å². The fourth-order valence-electron chi connectivity index (χ4n) is 3.33. The van der Waals surface area contributed by atoms with Gasteiger partial charge in [0.25, 0.3) is 0 Å². The van der Waals surface area contributed by atoms with Crippen molar-refractivity contribution in [2.75, 3.05) is 13.6 Å². The lowest BCUT2D eigenvalue weighted by Gasteiger charge is -2.28. The van der Waals surface area contributed by atoms with Crippen molar-refractivity contribution in [2.24, 2.45) is 13.0 Å². The van der Waals surface area contributed by atoms with Crippen LogP contribution in [0.15, 0.2) is 16.9 Å². The molecule has 2 aromatic heterocycles. The molecule has 2 amide bonds. The van der Waals surface area contributed by atoms with E-state index in [9.17, 15) is 9.59 Å². The van der Waals surface area contributed by atoms with E-state index in [-0.39, 0.29) is 30.8 Å². The highest BCUT2D eigenvalue weighted by atomic mass is 16.5. The number of amides is 2. The van der Waals surface area contributed by atoms with Crippen LogP contribution in [0.1, 0.15) is 36.9 Å². The highest BCUT2D eigenvalue weighted by Gasteiger charge is 2.46. The molecule has 0 N–H and O–H groups in total. The summed E-state index contributed by atoms with van der Waals surface area (Å²) in [6.45, 7) is 4.38. The SMILES string of the molecule is CCN1C(=O)C[C@H](C(=O)N(C)Cc2nc(C)no2)[C@H]1c1nccn1C. The van der Waals surface area contributed by atoms with Crippen LogP contribution in [-0.4, -0.2) is 54.9 Å². The second kappa shape index (κ2) is 6.66. The maximum Gasteiger partial charge on any atom is 0.246 e. The first-order valence-electron chi connectivity index (χ1n) is 8.23. The molecule has 3 rings (SSSR count). The molecular weight excluding hydrogens is 324 g/mol. The van der Waals surface area contributed by atoms with Gasteiger partial charge in [0.1, 0.15) is 11.9 Å². The number of aromatic nitrogens is 4. The molecule has 134 valence electrons. The van der Waals surface area contributed by atoms with Crippen LogP contribution in [0.5, 0.6) is 0 Å². The summed E-state index contributed by atoms with van der Waals surface area (Å²) in [7, 11) is 3.54. The fraction of sp³-hybridized carbons (Fsp3) is 0.562. The average molecular weight is 346 g/mol. The molecule has 0 radical (unpaired) electrons. The Labute approximate surface area is 145 Å². The number of rotatable bonds is 5. The van der Waals surface area contributed by atoms with Crippen molar-refractivity contribution in [1.82, 2.24) is 29.5 Å². The predicted octanol–water partition coefficient (Wildman–Crippen LogP) is 0.680. The van der Waals surface area contributed by atoms with Gasteiger partial charge < -0.3 is 18.9 Å². The third-order valence-corrected chi connectivity index (χ3v) is 4.53. The summed E-state index contributed by atoms with van der Waals surface area (Å²) in [5, 5.41) is 3.73. The molecule has 1 aliphatic rings. The van der Waals surface area contributed by atoms with Crippen LogP contribution in [0, 0.1) is 12.8 Å². The Morgan fingerprint density at radius 2 is 2.24 bits per heavy atom. The quantitative estimate of drug-likeness (QED) is 0.790. The number of hydrogen-bond donors (Lipinski definition) is 0. The van der Waals surface area contributed by atoms with Crippen molar-refractivity contribution >= 4 is 11.8 Å². The molecule has 0 spiro atoms. The zero-order valence-electron chi connectivity index (χ0n) is 14.8. The molecule has 3 heterocycles. The number of hydrogen-bond acceptors (Lipinski definition) is 6. The Bertz CT molecular complexity index is 782. The molecule has 25 heavy (non-hydrogen) atoms. The lowest BCUT2D eigenvalue weighted by Crippen LogP contribution is -2.37. The highest BCUT2D eigenvalue weighted by Crippen LogP contribution is 2.38. The van der Waals surface area contributed by atoms with Crippen LogP contribution in [0.25, 0.3) is 0 Å². The van der Waals surface area contributed by atoms with E-state index in [0.717, 1.165) is 0 Å². The summed E-state index contributed by atoms with van der Waals surface area (Å²) in [5.74, 6) is 0.966. The second-order valence-corrected chi connectivity index (χ2v) is 6.26. The van der Waals surface area contributed by atoms with Crippen LogP contribution in [-0.2, 0) is 23.2 Å². The van der Waals surface area contributed by atoms with Gasteiger partial charge in [-0.25, -0.2) is 4.98 Å². The van der Waals surface area contributed by atoms with Gasteiger partial charge in [0.15, 0.2) is 5.82 Å². The van der Waals surface area contributed by atoms with Crippen molar-refractivity contribution in [3.8, 4) is 0 Å². The van der Waals surface area contributed by atoms with Crippen molar-refractivity contribution in [3.63, 3.8) is 0 Å². The highest BCUT2D eigenvalue weighted by molar-refractivity contribution is 5.90. The smallest absolute Gasteiger partial charge is 0.246 e. The van der Waals surface area contributed by atoms with E-state index in [1.165, 1.54) is 4.90 Å². The normalized spacial score (nSPS) is 20.3. The van der Waals surface area contributed by atoms with E-state index in [1.54, 1.807) is 25.1 Å². The van der Waals surface area contributed by atoms with E-state index < -0.39 is 5.92 Å². The maximum atomic E-state index is 13.0. The van der Waals surface area contributed by atoms with Crippen molar-refractivity contribution < 1.29 is 14.1 Å². The molecule has 0 unspecified atom stereocenters. The minimum atomic E-state index is -0.484. The molecule has 2 aromatic rings. The van der Waals surface area contributed by atoms with E-state index in [1.807, 2.05) is 24.7 Å². The summed E-state index contributed by atoms with van der Waals surface area (Å²) < 4.78 is 6.94. The first-order valence-corrected chi connectivity index (χ1v) is 8.23. The lowest BCUT2D eigenvalue weighted by atomic mass is 9.97. The van der Waals surface area contributed by atoms with Crippen LogP contribution < -0.4 is 0 Å². The Kier molecular flexibility index (Phi) is 4.56. The molecule has 0 aromatic carbocycles. The van der Waals surface area contributed by atoms with Crippen LogP contribution in [0.4, 0.5) is 0 Å². The number of carbonyl (C=O) groups excluding carboxylic acids is 2. The number of carbonyl (C=O) groups is 2. The third kappa shape index (κ3) is 3.13. The number of imidazole rings is 1. The van der Waals surface area contributed by atoms with Gasteiger partial charge in [-0.05, 0) is 13.8 Å². The second-order valence-electron chi connectivity index (χ2n) is 6.26. The van der Waals surface area contributed by atoms with Crippen LogP contribution in [0.2, 0.25) is 0 Å². The molecule has 1 saturated heterocycles. The van der Waals surface area contributed by atoms with Gasteiger partial charge in [-0.3, -0.25) is 9.59 Å². The third-order valence-electron chi connectivity index (χ3n) is 4.53. The zero-order chi connectivity index (χ0) is 18.1. The Morgan fingerprint density at radius 3 is 2.80 bits per heavy atom. The summed E-state index contributed by atoms with van der Waals surface area (Å²) in [4.78, 5) is 37.1. The molecule has 9 heteroatoms. The van der Waals surface area contributed by atoms with Crippen molar-refractivity contribution in [2.45, 2.75) is 32.9 Å². The number of nitrogens with zero attached hydrogens (tertiary/aromatic N) is 6. The average Bonchev–Trinajstić information content (AvgIpc) is 3.25. The molecule has 0 aliphatic carbocycles. The Morgan fingerprint density at radius 1 is 1.48 bits per heavy atom. The first-order chi connectivity index (χ1) is 11.9. The Balaban J connectivity index is 1.84. The molecular formula is C16H22N6O3. The topological polar surface area (TPSA) is 97.4 Å². The van der Waals surface area contributed by atoms with Gasteiger partial charge in [0.05, 0.1) is 12.5 Å². The largest absolute Gasteiger partial charge is 0.337 e. The van der Waals surface area contributed by atoms with Crippen LogP contribution in [0.3, 0.4) is 0 Å². The van der Waals surface area contributed by atoms with Crippen LogP contribution >= 0.6 is 0 Å². The van der Waals surface area contributed by atoms with E-state index in [2.05, 4.69) is 15.1 Å². The lowest BCUT2D eigenvalue weighted by molar-refractivity contribution is -0.136. The summed E-state index contributed by atoms with van der Waals surface area (Å²) >= 11 is 0. The van der Waals surface area contributed by atoms with E-state index >= 15 is 0 Å². The standard InChI is InChI=1S/C16H22N6O3/c1-5-22-13(23)8-11(14(22)15-17-6-7-20(15)3)16(24)21(4)9-12-18-10(2)19-25-12/h6-7,11,14H,5,8-9H2,1-4H3/t11-,14-/m0/s1. The van der Waals surface area contributed by atoms with Gasteiger partial charge in [-0.1, -0.05) is 5.16 Å². The van der Waals surface area contributed by atoms with E-state index in [0.29, 0.717) is 24.1 Å². The molecule has 0 bridgehead atoms. The van der Waals surface area contributed by atoms with Gasteiger partial charge in [-0.15, -0.1) is 0 Å². The molecule has 1 fully saturated rings. The van der Waals surface area contributed by atoms with Gasteiger partial charge in [0.2, 0.25) is 17.7 Å². The first kappa shape index (κ1) is 17.1. The minimum Gasteiger partial charge on any atom is -0.337 e. The Hall–Kier alpha value is -2.71. The molecule has 0 saturated carbocycles. The van der Waals surface area contributed by atoms with Gasteiger partial charge >= 0.3 is 0 Å². The summed E-state index contributed by atoms with van der Waals surface area (Å²) in [6, 6.07) is -0.364. The number of likely N-dealkylation sites (tertiary alicyclic amines) is 1. The monoisotopic (exact) mass is 346 g/mol. The molecule has 9 nitrogen and oxygen atoms in total. The molecule has 2 atom stereocenters. The van der Waals surface area contributed by atoms with E-state index in [4.69, 9.17) is 4.52 Å². The predicted molar refractivity (Wildman–Crippen MR) is 87.0 cm³/mol. The summed E-state index contributed by atoms with van der Waals surface area (Å²) in [6.07, 6.45) is 3.67. The van der Waals surface area contributed by atoms with Gasteiger partial charge in [0, 0.05) is 39.5 Å². The van der Waals surface area contributed by atoms with Crippen molar-refractivity contribution in [1.29, 1.82) is 0 Å². The summed E-state index contributed by atoms with van der Waals surface area (Å²) in [5.41, 5.74) is 0. The van der Waals surface area contributed by atoms with Gasteiger partial charge in [-0.2, -0.15) is 4.98 Å². The fourth-order valence-corrected chi connectivity index (χ4v) is 3.33. The maximum absolute atomic E-state index is 13.0. The zero-order valence-corrected chi connectivity index (χ0v) is 14.8. The molecule has 1 aliphatic heterocycles.